The largest absolute Gasteiger partial charge is 0.118 e. The van der Waals surface area contributed by atoms with Crippen molar-refractivity contribution in [3.8, 4) is 0 Å². The zero-order chi connectivity index (χ0) is 8.27. The van der Waals surface area contributed by atoms with Crippen LogP contribution in [0.5, 0.6) is 0 Å². The fourth-order valence-electron chi connectivity index (χ4n) is 1.34. The lowest BCUT2D eigenvalue weighted by molar-refractivity contribution is 0.877. The zero-order valence-corrected chi connectivity index (χ0v) is 7.82. The van der Waals surface area contributed by atoms with Crippen LogP contribution in [0.2, 0.25) is 0 Å². The fourth-order valence-corrected chi connectivity index (χ4v) is 1.63. The second-order valence-electron chi connectivity index (χ2n) is 3.16. The van der Waals surface area contributed by atoms with E-state index in [1.54, 1.807) is 0 Å². The van der Waals surface area contributed by atoms with Gasteiger partial charge in [-0.15, -0.1) is 11.6 Å². The highest BCUT2D eigenvalue weighted by atomic mass is 35.5. The van der Waals surface area contributed by atoms with Crippen LogP contribution in [0.1, 0.15) is 32.6 Å². The lowest BCUT2D eigenvalue weighted by atomic mass is 10.0. The third kappa shape index (κ3) is 2.70. The van der Waals surface area contributed by atoms with Gasteiger partial charge in [-0.3, -0.25) is 0 Å². The monoisotopic (exact) mass is 170 g/mol. The highest BCUT2D eigenvalue weighted by Crippen LogP contribution is 2.27. The molecule has 0 saturated carbocycles. The third-order valence-corrected chi connectivity index (χ3v) is 2.48. The first-order valence-electron chi connectivity index (χ1n) is 4.22. The summed E-state index contributed by atoms with van der Waals surface area (Å²) in [6.45, 7) is 6.13. The summed E-state index contributed by atoms with van der Waals surface area (Å²) in [5.74, 6) is 0. The summed E-state index contributed by atoms with van der Waals surface area (Å²) in [7, 11) is 0. The number of hydrogen-bond donors (Lipinski definition) is 0. The predicted molar refractivity (Wildman–Crippen MR) is 51.0 cm³/mol. The minimum Gasteiger partial charge on any atom is -0.118 e. The summed E-state index contributed by atoms with van der Waals surface area (Å²) in [5, 5.41) is 0.287. The van der Waals surface area contributed by atoms with Crippen molar-refractivity contribution in [3.63, 3.8) is 0 Å². The number of halogens is 1. The molecule has 1 aliphatic rings. The van der Waals surface area contributed by atoms with Gasteiger partial charge in [-0.2, -0.15) is 0 Å². The van der Waals surface area contributed by atoms with Crippen molar-refractivity contribution in [1.29, 1.82) is 0 Å². The first-order chi connectivity index (χ1) is 5.22. The zero-order valence-electron chi connectivity index (χ0n) is 7.07. The first kappa shape index (κ1) is 8.86. The average Bonchev–Trinajstić information content (AvgIpc) is 2.35. The maximum atomic E-state index is 5.93. The predicted octanol–water partition coefficient (Wildman–Crippen LogP) is 3.67. The molecule has 1 rings (SSSR count). The van der Waals surface area contributed by atoms with Crippen molar-refractivity contribution in [3.05, 3.63) is 23.8 Å². The van der Waals surface area contributed by atoms with E-state index in [4.69, 9.17) is 11.6 Å². The van der Waals surface area contributed by atoms with Gasteiger partial charge in [0.1, 0.15) is 0 Å². The number of allylic oxidation sites excluding steroid dienone is 3. The van der Waals surface area contributed by atoms with Crippen LogP contribution in [0.25, 0.3) is 0 Å². The highest BCUT2D eigenvalue weighted by molar-refractivity contribution is 6.22. The van der Waals surface area contributed by atoms with Crippen LogP contribution in [0.3, 0.4) is 0 Å². The van der Waals surface area contributed by atoms with Gasteiger partial charge in [0.25, 0.3) is 0 Å². The van der Waals surface area contributed by atoms with Gasteiger partial charge in [-0.05, 0) is 25.7 Å². The maximum Gasteiger partial charge on any atom is 0.0521 e. The molecule has 62 valence electrons. The lowest BCUT2D eigenvalue weighted by Gasteiger charge is -2.01. The number of alkyl halides is 1. The molecule has 11 heavy (non-hydrogen) atoms. The summed E-state index contributed by atoms with van der Waals surface area (Å²) in [5.41, 5.74) is 2.80. The molecule has 1 unspecified atom stereocenters. The van der Waals surface area contributed by atoms with Gasteiger partial charge >= 0.3 is 0 Å². The van der Waals surface area contributed by atoms with Gasteiger partial charge < -0.3 is 0 Å². The second kappa shape index (κ2) is 3.96. The SMILES string of the molecule is C=C(CC)CC1=CC(Cl)CC1. The van der Waals surface area contributed by atoms with Crippen LogP contribution in [0, 0.1) is 0 Å². The molecule has 0 aromatic heterocycles. The number of hydrogen-bond acceptors (Lipinski definition) is 0. The molecule has 1 aliphatic carbocycles. The van der Waals surface area contributed by atoms with Gasteiger partial charge in [-0.1, -0.05) is 30.7 Å². The van der Waals surface area contributed by atoms with Crippen LogP contribution in [0.4, 0.5) is 0 Å². The summed E-state index contributed by atoms with van der Waals surface area (Å²) in [4.78, 5) is 0. The third-order valence-electron chi connectivity index (χ3n) is 2.13. The smallest absolute Gasteiger partial charge is 0.0521 e. The van der Waals surface area contributed by atoms with Gasteiger partial charge in [0, 0.05) is 0 Å². The van der Waals surface area contributed by atoms with E-state index < -0.39 is 0 Å². The summed E-state index contributed by atoms with van der Waals surface area (Å²) in [6.07, 6.45) is 6.63. The van der Waals surface area contributed by atoms with Gasteiger partial charge in [0.15, 0.2) is 0 Å². The lowest BCUT2D eigenvalue weighted by Crippen LogP contribution is -1.81. The molecule has 0 aliphatic heterocycles. The van der Waals surface area contributed by atoms with Crippen LogP contribution >= 0.6 is 11.6 Å². The van der Waals surface area contributed by atoms with Crippen molar-refractivity contribution >= 4 is 11.6 Å². The van der Waals surface area contributed by atoms with E-state index in [9.17, 15) is 0 Å². The highest BCUT2D eigenvalue weighted by Gasteiger charge is 2.12. The average molecular weight is 171 g/mol. The van der Waals surface area contributed by atoms with Crippen molar-refractivity contribution < 1.29 is 0 Å². The standard InChI is InChI=1S/C10H15Cl/c1-3-8(2)6-9-4-5-10(11)7-9/h7,10H,2-6H2,1H3. The van der Waals surface area contributed by atoms with Gasteiger partial charge in [0.2, 0.25) is 0 Å². The Kier molecular flexibility index (Phi) is 3.19. The van der Waals surface area contributed by atoms with E-state index in [2.05, 4.69) is 19.6 Å². The quantitative estimate of drug-likeness (QED) is 0.448. The van der Waals surface area contributed by atoms with Gasteiger partial charge in [-0.25, -0.2) is 0 Å². The molecule has 1 heteroatoms. The molecule has 0 bridgehead atoms. The van der Waals surface area contributed by atoms with E-state index >= 15 is 0 Å². The fraction of sp³-hybridized carbons (Fsp3) is 0.600. The molecule has 0 aromatic rings. The molecule has 0 radical (unpaired) electrons. The van der Waals surface area contributed by atoms with Crippen molar-refractivity contribution in [2.45, 2.75) is 38.0 Å². The normalized spacial score (nSPS) is 23.5. The molecule has 0 aromatic carbocycles. The Morgan fingerprint density at radius 2 is 2.55 bits per heavy atom. The van der Waals surface area contributed by atoms with E-state index in [-0.39, 0.29) is 5.38 Å². The Morgan fingerprint density at radius 3 is 3.00 bits per heavy atom. The minimum absolute atomic E-state index is 0.287. The minimum atomic E-state index is 0.287. The molecule has 0 fully saturated rings. The first-order valence-corrected chi connectivity index (χ1v) is 4.66. The molecule has 1 atom stereocenters. The number of rotatable bonds is 3. The van der Waals surface area contributed by atoms with Crippen LogP contribution in [0.15, 0.2) is 23.8 Å². The molecule has 0 nitrogen and oxygen atoms in total. The Bertz CT molecular complexity index is 179. The molecule has 0 N–H and O–H groups in total. The molecule has 0 heterocycles. The van der Waals surface area contributed by atoms with E-state index in [1.165, 1.54) is 17.6 Å². The molecule has 0 spiro atoms. The van der Waals surface area contributed by atoms with Crippen molar-refractivity contribution in [1.82, 2.24) is 0 Å². The van der Waals surface area contributed by atoms with Gasteiger partial charge in [0.05, 0.1) is 5.38 Å². The Hall–Kier alpha value is -0.230. The van der Waals surface area contributed by atoms with Crippen LogP contribution in [-0.4, -0.2) is 5.38 Å². The van der Waals surface area contributed by atoms with Crippen molar-refractivity contribution in [2.24, 2.45) is 0 Å². The van der Waals surface area contributed by atoms with Crippen molar-refractivity contribution in [2.75, 3.05) is 0 Å². The Labute approximate surface area is 73.9 Å². The van der Waals surface area contributed by atoms with E-state index in [0.29, 0.717) is 0 Å². The topological polar surface area (TPSA) is 0 Å². The summed E-state index contributed by atoms with van der Waals surface area (Å²) < 4.78 is 0. The van der Waals surface area contributed by atoms with Crippen LogP contribution in [-0.2, 0) is 0 Å². The molecular formula is C10H15Cl. The van der Waals surface area contributed by atoms with E-state index in [1.807, 2.05) is 0 Å². The second-order valence-corrected chi connectivity index (χ2v) is 3.72. The summed E-state index contributed by atoms with van der Waals surface area (Å²) in [6, 6.07) is 0. The molecule has 0 saturated heterocycles. The maximum absolute atomic E-state index is 5.93. The Balaban J connectivity index is 2.38. The molecular weight excluding hydrogens is 156 g/mol. The summed E-state index contributed by atoms with van der Waals surface area (Å²) >= 11 is 5.93. The van der Waals surface area contributed by atoms with Crippen LogP contribution < -0.4 is 0 Å². The van der Waals surface area contributed by atoms with E-state index in [0.717, 1.165) is 19.3 Å². The Morgan fingerprint density at radius 1 is 1.82 bits per heavy atom. The molecule has 0 amide bonds.